The number of aryl methyl sites for hydroxylation is 1. The SMILES string of the molecule is CCN(Cc1ccccc1)S(=O)(=O)c1ccc(C(=O)Nc2nc3c(C)cc(Cl)cc3s2)cc1. The maximum absolute atomic E-state index is 13.1. The predicted molar refractivity (Wildman–Crippen MR) is 133 cm³/mol. The number of sulfonamides is 1. The van der Waals surface area contributed by atoms with Gasteiger partial charge < -0.3 is 0 Å². The number of nitrogens with zero attached hydrogens (tertiary/aromatic N) is 2. The minimum atomic E-state index is -3.70. The molecule has 0 saturated carbocycles. The lowest BCUT2D eigenvalue weighted by molar-refractivity contribution is 0.102. The molecule has 0 bridgehead atoms. The van der Waals surface area contributed by atoms with E-state index >= 15 is 0 Å². The summed E-state index contributed by atoms with van der Waals surface area (Å²) in [5.41, 5.74) is 2.97. The number of benzene rings is 3. The van der Waals surface area contributed by atoms with E-state index in [4.69, 9.17) is 11.6 Å². The number of fused-ring (bicyclic) bond motifs is 1. The lowest BCUT2D eigenvalue weighted by Gasteiger charge is -2.20. The Morgan fingerprint density at radius 3 is 2.45 bits per heavy atom. The molecule has 0 radical (unpaired) electrons. The Kier molecular flexibility index (Phi) is 6.81. The Morgan fingerprint density at radius 2 is 1.79 bits per heavy atom. The van der Waals surface area contributed by atoms with Gasteiger partial charge in [0.25, 0.3) is 5.91 Å². The number of amides is 1. The fraction of sp³-hybridized carbons (Fsp3) is 0.167. The van der Waals surface area contributed by atoms with E-state index in [1.54, 1.807) is 6.92 Å². The summed E-state index contributed by atoms with van der Waals surface area (Å²) >= 11 is 7.44. The fourth-order valence-corrected chi connectivity index (χ4v) is 6.21. The van der Waals surface area contributed by atoms with Crippen molar-refractivity contribution in [3.63, 3.8) is 0 Å². The first-order chi connectivity index (χ1) is 15.8. The molecular weight excluding hydrogens is 478 g/mol. The Bertz CT molecular complexity index is 1400. The van der Waals surface area contributed by atoms with Gasteiger partial charge in [-0.15, -0.1) is 0 Å². The van der Waals surface area contributed by atoms with Gasteiger partial charge in [0.1, 0.15) is 0 Å². The molecule has 0 unspecified atom stereocenters. The van der Waals surface area contributed by atoms with E-state index in [1.165, 1.54) is 39.9 Å². The van der Waals surface area contributed by atoms with E-state index in [-0.39, 0.29) is 17.3 Å². The van der Waals surface area contributed by atoms with Crippen molar-refractivity contribution >= 4 is 54.2 Å². The quantitative estimate of drug-likeness (QED) is 0.352. The Morgan fingerprint density at radius 1 is 1.09 bits per heavy atom. The average molecular weight is 500 g/mol. The van der Waals surface area contributed by atoms with Crippen molar-refractivity contribution in [1.29, 1.82) is 0 Å². The average Bonchev–Trinajstić information content (AvgIpc) is 3.20. The van der Waals surface area contributed by atoms with E-state index in [2.05, 4.69) is 10.3 Å². The number of nitrogens with one attached hydrogen (secondary N) is 1. The zero-order chi connectivity index (χ0) is 23.6. The number of anilines is 1. The number of hydrogen-bond acceptors (Lipinski definition) is 5. The summed E-state index contributed by atoms with van der Waals surface area (Å²) in [7, 11) is -3.70. The molecule has 1 N–H and O–H groups in total. The van der Waals surface area contributed by atoms with Gasteiger partial charge in [0, 0.05) is 23.7 Å². The molecule has 0 atom stereocenters. The molecule has 170 valence electrons. The van der Waals surface area contributed by atoms with Crippen LogP contribution in [0.2, 0.25) is 5.02 Å². The van der Waals surface area contributed by atoms with Crippen molar-refractivity contribution in [2.75, 3.05) is 11.9 Å². The summed E-state index contributed by atoms with van der Waals surface area (Å²) in [5, 5.41) is 3.86. The molecule has 0 aliphatic carbocycles. The minimum absolute atomic E-state index is 0.141. The van der Waals surface area contributed by atoms with Crippen molar-refractivity contribution in [3.8, 4) is 0 Å². The first-order valence-electron chi connectivity index (χ1n) is 10.3. The normalized spacial score (nSPS) is 11.8. The van der Waals surface area contributed by atoms with E-state index in [0.717, 1.165) is 21.3 Å². The number of rotatable bonds is 7. The summed E-state index contributed by atoms with van der Waals surface area (Å²) in [6.07, 6.45) is 0. The van der Waals surface area contributed by atoms with Crippen LogP contribution in [0.5, 0.6) is 0 Å². The van der Waals surface area contributed by atoms with Crippen LogP contribution in [0.15, 0.2) is 71.6 Å². The highest BCUT2D eigenvalue weighted by molar-refractivity contribution is 7.89. The van der Waals surface area contributed by atoms with Gasteiger partial charge in [0.15, 0.2) is 5.13 Å². The second-order valence-corrected chi connectivity index (χ2v) is 10.9. The van der Waals surface area contributed by atoms with Crippen LogP contribution in [-0.4, -0.2) is 30.2 Å². The topological polar surface area (TPSA) is 79.4 Å². The third-order valence-electron chi connectivity index (χ3n) is 5.18. The van der Waals surface area contributed by atoms with Crippen LogP contribution in [0, 0.1) is 6.92 Å². The summed E-state index contributed by atoms with van der Waals surface area (Å²) in [4.78, 5) is 17.3. The molecule has 6 nitrogen and oxygen atoms in total. The van der Waals surface area contributed by atoms with Crippen molar-refractivity contribution < 1.29 is 13.2 Å². The fourth-order valence-electron chi connectivity index (χ4n) is 3.46. The number of hydrogen-bond donors (Lipinski definition) is 1. The molecule has 9 heteroatoms. The molecule has 0 aliphatic rings. The molecule has 0 spiro atoms. The van der Waals surface area contributed by atoms with Gasteiger partial charge in [-0.05, 0) is 54.4 Å². The van der Waals surface area contributed by atoms with Gasteiger partial charge in [-0.25, -0.2) is 13.4 Å². The molecular formula is C24H22ClN3O3S2. The summed E-state index contributed by atoms with van der Waals surface area (Å²) in [6.45, 7) is 4.33. The van der Waals surface area contributed by atoms with Crippen LogP contribution < -0.4 is 5.32 Å². The number of thiazole rings is 1. The molecule has 33 heavy (non-hydrogen) atoms. The van der Waals surface area contributed by atoms with Crippen LogP contribution in [0.3, 0.4) is 0 Å². The third-order valence-corrected chi connectivity index (χ3v) is 8.25. The standard InChI is InChI=1S/C24H22ClN3O3S2/c1-3-28(15-17-7-5-4-6-8-17)33(30,31)20-11-9-18(10-12-20)23(29)27-24-26-22-16(2)13-19(25)14-21(22)32-24/h4-14H,3,15H2,1-2H3,(H,26,27,29). The second-order valence-electron chi connectivity index (χ2n) is 7.48. The summed E-state index contributed by atoms with van der Waals surface area (Å²) < 4.78 is 28.5. The van der Waals surface area contributed by atoms with Gasteiger partial charge in [-0.2, -0.15) is 4.31 Å². The van der Waals surface area contributed by atoms with Crippen molar-refractivity contribution in [2.45, 2.75) is 25.3 Å². The van der Waals surface area contributed by atoms with E-state index < -0.39 is 10.0 Å². The first kappa shape index (κ1) is 23.4. The van der Waals surface area contributed by atoms with Crippen molar-refractivity contribution in [1.82, 2.24) is 9.29 Å². The smallest absolute Gasteiger partial charge is 0.257 e. The van der Waals surface area contributed by atoms with Crippen molar-refractivity contribution in [2.24, 2.45) is 0 Å². The lowest BCUT2D eigenvalue weighted by atomic mass is 10.2. The van der Waals surface area contributed by atoms with Crippen LogP contribution >= 0.6 is 22.9 Å². The zero-order valence-corrected chi connectivity index (χ0v) is 20.5. The Hall–Kier alpha value is -2.78. The van der Waals surface area contributed by atoms with Crippen LogP contribution in [-0.2, 0) is 16.6 Å². The highest BCUT2D eigenvalue weighted by atomic mass is 35.5. The molecule has 0 fully saturated rings. The van der Waals surface area contributed by atoms with Gasteiger partial charge in [-0.3, -0.25) is 10.1 Å². The van der Waals surface area contributed by atoms with E-state index in [0.29, 0.717) is 22.3 Å². The van der Waals surface area contributed by atoms with Crippen molar-refractivity contribution in [3.05, 3.63) is 88.4 Å². The zero-order valence-electron chi connectivity index (χ0n) is 18.1. The highest BCUT2D eigenvalue weighted by Gasteiger charge is 2.23. The second kappa shape index (κ2) is 9.61. The number of carbonyl (C=O) groups excluding carboxylic acids is 1. The number of aromatic nitrogens is 1. The number of carbonyl (C=O) groups is 1. The maximum Gasteiger partial charge on any atom is 0.257 e. The molecule has 4 aromatic rings. The molecule has 1 heterocycles. The van der Waals surface area contributed by atoms with Crippen LogP contribution in [0.4, 0.5) is 5.13 Å². The van der Waals surface area contributed by atoms with E-state index in [9.17, 15) is 13.2 Å². The molecule has 1 aromatic heterocycles. The van der Waals surface area contributed by atoms with Gasteiger partial charge in [-0.1, -0.05) is 60.2 Å². The first-order valence-corrected chi connectivity index (χ1v) is 12.9. The number of halogens is 1. The Balaban J connectivity index is 1.51. The molecule has 3 aromatic carbocycles. The van der Waals surface area contributed by atoms with Gasteiger partial charge >= 0.3 is 0 Å². The Labute approximate surface area is 201 Å². The largest absolute Gasteiger partial charge is 0.298 e. The molecule has 0 saturated heterocycles. The van der Waals surface area contributed by atoms with Crippen LogP contribution in [0.25, 0.3) is 10.2 Å². The van der Waals surface area contributed by atoms with Gasteiger partial charge in [0.05, 0.1) is 15.1 Å². The summed E-state index contributed by atoms with van der Waals surface area (Å²) in [6, 6.07) is 19.0. The molecule has 1 amide bonds. The van der Waals surface area contributed by atoms with E-state index in [1.807, 2.05) is 49.4 Å². The lowest BCUT2D eigenvalue weighted by Crippen LogP contribution is -2.30. The monoisotopic (exact) mass is 499 g/mol. The molecule has 4 rings (SSSR count). The minimum Gasteiger partial charge on any atom is -0.298 e. The summed E-state index contributed by atoms with van der Waals surface area (Å²) in [5.74, 6) is -0.363. The maximum atomic E-state index is 13.1. The van der Waals surface area contributed by atoms with Crippen LogP contribution in [0.1, 0.15) is 28.4 Å². The third kappa shape index (κ3) is 5.09. The molecule has 0 aliphatic heterocycles. The highest BCUT2D eigenvalue weighted by Crippen LogP contribution is 2.31. The van der Waals surface area contributed by atoms with Gasteiger partial charge in [0.2, 0.25) is 10.0 Å². The predicted octanol–water partition coefficient (Wildman–Crippen LogP) is 5.72.